The molecule has 0 saturated carbocycles. The van der Waals surface area contributed by atoms with Crippen molar-refractivity contribution in [3.63, 3.8) is 0 Å². The molecule has 0 spiro atoms. The van der Waals surface area contributed by atoms with Crippen LogP contribution < -0.4 is 0 Å². The van der Waals surface area contributed by atoms with Gasteiger partial charge in [0.1, 0.15) is 5.82 Å². The van der Waals surface area contributed by atoms with Crippen LogP contribution in [0.5, 0.6) is 0 Å². The van der Waals surface area contributed by atoms with E-state index >= 15 is 0 Å². The molecule has 0 aliphatic carbocycles. The fraction of sp³-hybridized carbons (Fsp3) is 0.0571. The standard InChI is InChI=1S/C35H26N2/c1-2-33-36-31-21-10-11-22-32(31)37(33)26-16-12-15-25(23-26)35-29-19-8-6-17-27(29)34(24-13-4-3-5-14-24)28-18-7-9-20-30(28)35/h3-23H,2H2,1H3/i1D3,2D2,3D,4D,5D,6D,7D,8D,9D,13D,14D,17D,18D,19D,20D. The normalized spacial score (nSPS) is 19.1. The molecule has 0 amide bonds. The van der Waals surface area contributed by atoms with Gasteiger partial charge < -0.3 is 0 Å². The van der Waals surface area contributed by atoms with Crippen LogP contribution in [0.25, 0.3) is 60.5 Å². The smallest absolute Gasteiger partial charge is 0.114 e. The average molecular weight is 493 g/mol. The van der Waals surface area contributed by atoms with Gasteiger partial charge in [0.2, 0.25) is 0 Å². The van der Waals surface area contributed by atoms with Crippen LogP contribution in [0, 0.1) is 0 Å². The van der Waals surface area contributed by atoms with Gasteiger partial charge in [-0.05, 0) is 68.1 Å². The van der Waals surface area contributed by atoms with Crippen LogP contribution >= 0.6 is 0 Å². The first kappa shape index (κ1) is 9.99. The largest absolute Gasteiger partial charge is 0.296 e. The second-order valence-electron chi connectivity index (χ2n) is 8.18. The van der Waals surface area contributed by atoms with Crippen molar-refractivity contribution in [2.75, 3.05) is 0 Å². The summed E-state index contributed by atoms with van der Waals surface area (Å²) in [5, 5.41) is -1.35. The van der Waals surface area contributed by atoms with Crippen molar-refractivity contribution in [2.24, 2.45) is 0 Å². The van der Waals surface area contributed by atoms with E-state index in [2.05, 4.69) is 4.98 Å². The Bertz CT molecular complexity index is 2710. The van der Waals surface area contributed by atoms with Crippen molar-refractivity contribution in [1.29, 1.82) is 0 Å². The lowest BCUT2D eigenvalue weighted by molar-refractivity contribution is 0.908. The average Bonchev–Trinajstić information content (AvgIpc) is 3.55. The Kier molecular flexibility index (Phi) is 2.36. The quantitative estimate of drug-likeness (QED) is 0.224. The van der Waals surface area contributed by atoms with Gasteiger partial charge in [-0.3, -0.25) is 4.57 Å². The highest BCUT2D eigenvalue weighted by molar-refractivity contribution is 6.21. The molecule has 6 aromatic carbocycles. The van der Waals surface area contributed by atoms with E-state index in [1.165, 1.54) is 28.8 Å². The first-order chi connectivity index (χ1) is 25.6. The second kappa shape index (κ2) is 8.76. The van der Waals surface area contributed by atoms with Gasteiger partial charge in [0, 0.05) is 18.9 Å². The third-order valence-corrected chi connectivity index (χ3v) is 6.19. The zero-order valence-corrected chi connectivity index (χ0v) is 19.0. The number of rotatable bonds is 4. The molecule has 7 rings (SSSR count). The molecule has 0 radical (unpaired) electrons. The van der Waals surface area contributed by atoms with Crippen LogP contribution in [0.3, 0.4) is 0 Å². The van der Waals surface area contributed by atoms with E-state index in [9.17, 15) is 2.74 Å². The van der Waals surface area contributed by atoms with Crippen LogP contribution in [0.15, 0.2) is 127 Å². The fourth-order valence-corrected chi connectivity index (χ4v) is 4.71. The molecular formula is C35H26N2. The topological polar surface area (TPSA) is 17.8 Å². The number of fused-ring (bicyclic) bond motifs is 3. The van der Waals surface area contributed by atoms with E-state index < -0.39 is 109 Å². The van der Waals surface area contributed by atoms with Gasteiger partial charge in [-0.1, -0.05) is 110 Å². The highest BCUT2D eigenvalue weighted by Gasteiger charge is 2.17. The molecule has 176 valence electrons. The fourth-order valence-electron chi connectivity index (χ4n) is 4.71. The molecule has 0 saturated heterocycles. The molecule has 0 aliphatic heterocycles. The molecular weight excluding hydrogens is 448 g/mol. The monoisotopic (exact) mass is 492 g/mol. The number of nitrogens with zero attached hydrogens (tertiary/aromatic N) is 2. The lowest BCUT2D eigenvalue weighted by Crippen LogP contribution is -2.00. The lowest BCUT2D eigenvalue weighted by atomic mass is 9.86. The highest BCUT2D eigenvalue weighted by atomic mass is 15.1. The van der Waals surface area contributed by atoms with Crippen LogP contribution in [0.2, 0.25) is 0 Å². The molecule has 0 N–H and O–H groups in total. The number of imidazole rings is 1. The molecule has 0 fully saturated rings. The summed E-state index contributed by atoms with van der Waals surface area (Å²) >= 11 is 0. The van der Waals surface area contributed by atoms with Crippen LogP contribution in [-0.4, -0.2) is 9.55 Å². The maximum absolute atomic E-state index is 9.17. The molecule has 37 heavy (non-hydrogen) atoms. The van der Waals surface area contributed by atoms with Crippen molar-refractivity contribution in [3.8, 4) is 27.9 Å². The summed E-state index contributed by atoms with van der Waals surface area (Å²) in [6, 6.07) is 2.83. The summed E-state index contributed by atoms with van der Waals surface area (Å²) in [5.41, 5.74) is -0.282. The number of aryl methyl sites for hydroxylation is 1. The summed E-state index contributed by atoms with van der Waals surface area (Å²) in [5.74, 6) is -0.471. The minimum atomic E-state index is -3.17. The van der Waals surface area contributed by atoms with Crippen molar-refractivity contribution in [1.82, 2.24) is 9.55 Å². The highest BCUT2D eigenvalue weighted by Crippen LogP contribution is 2.43. The van der Waals surface area contributed by atoms with E-state index in [1.54, 1.807) is 24.3 Å². The predicted molar refractivity (Wildman–Crippen MR) is 156 cm³/mol. The Morgan fingerprint density at radius 2 is 1.32 bits per heavy atom. The van der Waals surface area contributed by atoms with Gasteiger partial charge in [0.25, 0.3) is 0 Å². The van der Waals surface area contributed by atoms with Crippen LogP contribution in [0.1, 0.15) is 37.3 Å². The van der Waals surface area contributed by atoms with Crippen molar-refractivity contribution in [3.05, 3.63) is 133 Å². The van der Waals surface area contributed by atoms with Gasteiger partial charge in [0.05, 0.1) is 28.9 Å². The predicted octanol–water partition coefficient (Wildman–Crippen LogP) is 9.23. The van der Waals surface area contributed by atoms with E-state index in [0.29, 0.717) is 5.52 Å². The van der Waals surface area contributed by atoms with E-state index in [0.717, 1.165) is 0 Å². The van der Waals surface area contributed by atoms with E-state index in [-0.39, 0.29) is 43.9 Å². The summed E-state index contributed by atoms with van der Waals surface area (Å²) in [6.07, 6.45) is -2.98. The Morgan fingerprint density at radius 1 is 0.703 bits per heavy atom. The molecule has 0 atom stereocenters. The Balaban J connectivity index is 1.75. The molecule has 1 heterocycles. The Morgan fingerprint density at radius 3 is 2.00 bits per heavy atom. The van der Waals surface area contributed by atoms with Gasteiger partial charge in [-0.25, -0.2) is 4.98 Å². The lowest BCUT2D eigenvalue weighted by Gasteiger charge is -2.18. The molecule has 0 aliphatic rings. The molecule has 2 heteroatoms. The van der Waals surface area contributed by atoms with Crippen molar-refractivity contribution in [2.45, 2.75) is 13.2 Å². The Labute approximate surface area is 241 Å². The minimum absolute atomic E-state index is 0.0911. The number of benzene rings is 6. The first-order valence-corrected chi connectivity index (χ1v) is 11.3. The Hall–Kier alpha value is -4.69. The van der Waals surface area contributed by atoms with E-state index in [1.807, 2.05) is 0 Å². The molecule has 2 nitrogen and oxygen atoms in total. The third-order valence-electron chi connectivity index (χ3n) is 6.19. The SMILES string of the molecule is [2H]c1c([2H])c([2H])c(-c2c3c([2H])c([2H])c([2H])c([2H])c3c(-c3cccc(-n4c(C([2H])([2H])C([2H])([2H])[2H])nc5ccccc54)c3)c3c([2H])c([2H])c([2H])c([2H])c23)c([2H])c1[2H]. The second-order valence-corrected chi connectivity index (χ2v) is 8.18. The summed E-state index contributed by atoms with van der Waals surface area (Å²) in [4.78, 5) is 4.35. The van der Waals surface area contributed by atoms with Gasteiger partial charge in [-0.15, -0.1) is 0 Å². The molecule has 1 aromatic heterocycles. The van der Waals surface area contributed by atoms with Crippen molar-refractivity contribution < 1.29 is 24.7 Å². The summed E-state index contributed by atoms with van der Waals surface area (Å²) < 4.78 is 156. The number of para-hydroxylation sites is 2. The molecule has 0 bridgehead atoms. The third kappa shape index (κ3) is 3.45. The molecule has 7 aromatic rings. The van der Waals surface area contributed by atoms with Crippen molar-refractivity contribution >= 4 is 32.6 Å². The summed E-state index contributed by atoms with van der Waals surface area (Å²) in [7, 11) is 0. The maximum atomic E-state index is 9.17. The van der Waals surface area contributed by atoms with Gasteiger partial charge >= 0.3 is 0 Å². The van der Waals surface area contributed by atoms with Crippen LogP contribution in [0.4, 0.5) is 0 Å². The van der Waals surface area contributed by atoms with Gasteiger partial charge in [0.15, 0.2) is 0 Å². The zero-order chi connectivity index (χ0) is 40.4. The number of aromatic nitrogens is 2. The number of hydrogen-bond acceptors (Lipinski definition) is 1. The number of hydrogen-bond donors (Lipinski definition) is 0. The van der Waals surface area contributed by atoms with E-state index in [4.69, 9.17) is 21.9 Å². The first-order valence-electron chi connectivity index (χ1n) is 20.3. The minimum Gasteiger partial charge on any atom is -0.296 e. The van der Waals surface area contributed by atoms with Gasteiger partial charge in [-0.2, -0.15) is 0 Å². The molecule has 0 unspecified atom stereocenters. The zero-order valence-electron chi connectivity index (χ0n) is 37.0. The summed E-state index contributed by atoms with van der Waals surface area (Å²) in [6.45, 7) is -3.17. The van der Waals surface area contributed by atoms with Crippen LogP contribution in [-0.2, 0) is 6.37 Å². The maximum Gasteiger partial charge on any atom is 0.114 e.